The average molecular weight is 355 g/mol. The average Bonchev–Trinajstić information content (AvgIpc) is 3.05. The van der Waals surface area contributed by atoms with Gasteiger partial charge in [0, 0.05) is 44.1 Å². The molecule has 0 N–H and O–H groups in total. The number of halogens is 1. The molecule has 3 aliphatic rings. The Morgan fingerprint density at radius 3 is 2.69 bits per heavy atom. The van der Waals surface area contributed by atoms with Crippen LogP contribution >= 0.6 is 0 Å². The largest absolute Gasteiger partial charge is 0.350 e. The van der Waals surface area contributed by atoms with Crippen LogP contribution in [0.15, 0.2) is 40.6 Å². The van der Waals surface area contributed by atoms with E-state index in [0.29, 0.717) is 43.3 Å². The molecule has 0 saturated carbocycles. The lowest BCUT2D eigenvalue weighted by atomic mass is 10.1. The van der Waals surface area contributed by atoms with Crippen LogP contribution in [0.1, 0.15) is 22.8 Å². The van der Waals surface area contributed by atoms with E-state index < -0.39 is 0 Å². The van der Waals surface area contributed by atoms with Gasteiger partial charge in [-0.15, -0.1) is 0 Å². The third kappa shape index (κ3) is 2.87. The zero-order valence-electron chi connectivity index (χ0n) is 15.0. The lowest BCUT2D eigenvalue weighted by Gasteiger charge is -2.38. The first kappa shape index (κ1) is 16.8. The number of amidine groups is 2. The molecular formula is C19H22FN5O. The zero-order chi connectivity index (χ0) is 18.3. The summed E-state index contributed by atoms with van der Waals surface area (Å²) in [5.74, 6) is 1.33. The van der Waals surface area contributed by atoms with Crippen molar-refractivity contribution < 1.29 is 9.18 Å². The van der Waals surface area contributed by atoms with Crippen LogP contribution < -0.4 is 0 Å². The van der Waals surface area contributed by atoms with Crippen molar-refractivity contribution in [1.29, 1.82) is 0 Å². The first-order valence-corrected chi connectivity index (χ1v) is 8.92. The molecule has 1 fully saturated rings. The van der Waals surface area contributed by atoms with Crippen molar-refractivity contribution in [1.82, 2.24) is 14.7 Å². The van der Waals surface area contributed by atoms with Crippen molar-refractivity contribution in [2.24, 2.45) is 9.98 Å². The maximum atomic E-state index is 13.7. The summed E-state index contributed by atoms with van der Waals surface area (Å²) in [5, 5.41) is 0. The van der Waals surface area contributed by atoms with Gasteiger partial charge in [-0.1, -0.05) is 6.07 Å². The van der Waals surface area contributed by atoms with Crippen LogP contribution in [-0.4, -0.2) is 71.0 Å². The Bertz CT molecular complexity index is 823. The second-order valence-electron chi connectivity index (χ2n) is 6.91. The van der Waals surface area contributed by atoms with Crippen molar-refractivity contribution in [2.45, 2.75) is 19.9 Å². The summed E-state index contributed by atoms with van der Waals surface area (Å²) in [6.45, 7) is 7.15. The molecule has 1 aromatic rings. The summed E-state index contributed by atoms with van der Waals surface area (Å²) in [6, 6.07) is 5.02. The van der Waals surface area contributed by atoms with E-state index in [4.69, 9.17) is 0 Å². The van der Waals surface area contributed by atoms with Crippen molar-refractivity contribution in [3.8, 4) is 0 Å². The molecule has 0 aliphatic carbocycles. The lowest BCUT2D eigenvalue weighted by molar-refractivity contribution is 0.0692. The Balaban J connectivity index is 1.43. The molecule has 1 unspecified atom stereocenters. The molecule has 1 aromatic carbocycles. The molecular weight excluding hydrogens is 333 g/mol. The van der Waals surface area contributed by atoms with Gasteiger partial charge in [-0.3, -0.25) is 9.79 Å². The van der Waals surface area contributed by atoms with Gasteiger partial charge in [-0.25, -0.2) is 9.38 Å². The predicted octanol–water partition coefficient (Wildman–Crippen LogP) is 1.88. The number of carbonyl (C=O) groups is 1. The molecule has 1 atom stereocenters. The van der Waals surface area contributed by atoms with Crippen LogP contribution in [0.25, 0.3) is 0 Å². The number of carbonyl (C=O) groups excluding carboxylic acids is 1. The molecule has 3 aliphatic heterocycles. The smallest absolute Gasteiger partial charge is 0.254 e. The molecule has 7 heteroatoms. The quantitative estimate of drug-likeness (QED) is 0.773. The standard InChI is InChI=1S/C19H22FN5O/c1-13-3-4-15(11-16(13)20)19(26)24-9-7-23(8-10-24)17-18-22-12-14(2)25(18)6-5-21-17/h3-6,11,14H,7-10,12H2,1-2H3. The Morgan fingerprint density at radius 1 is 1.19 bits per heavy atom. The summed E-state index contributed by atoms with van der Waals surface area (Å²) in [7, 11) is 0. The van der Waals surface area contributed by atoms with Crippen molar-refractivity contribution in [3.63, 3.8) is 0 Å². The summed E-state index contributed by atoms with van der Waals surface area (Å²) in [6.07, 6.45) is 3.77. The van der Waals surface area contributed by atoms with E-state index >= 15 is 0 Å². The maximum Gasteiger partial charge on any atom is 0.254 e. The number of hydrogen-bond acceptors (Lipinski definition) is 5. The Labute approximate surface area is 152 Å². The second-order valence-corrected chi connectivity index (χ2v) is 6.91. The number of piperazine rings is 1. The fourth-order valence-electron chi connectivity index (χ4n) is 3.49. The first-order chi connectivity index (χ1) is 12.5. The van der Waals surface area contributed by atoms with Gasteiger partial charge in [-0.2, -0.15) is 0 Å². The predicted molar refractivity (Wildman–Crippen MR) is 98.8 cm³/mol. The monoisotopic (exact) mass is 355 g/mol. The third-order valence-electron chi connectivity index (χ3n) is 5.13. The van der Waals surface area contributed by atoms with Crippen LogP contribution in [0.3, 0.4) is 0 Å². The Hall–Kier alpha value is -2.70. The minimum Gasteiger partial charge on any atom is -0.350 e. The summed E-state index contributed by atoms with van der Waals surface area (Å²) < 4.78 is 13.7. The van der Waals surface area contributed by atoms with Gasteiger partial charge >= 0.3 is 0 Å². The fraction of sp³-hybridized carbons (Fsp3) is 0.421. The van der Waals surface area contributed by atoms with Crippen LogP contribution in [-0.2, 0) is 0 Å². The highest BCUT2D eigenvalue weighted by Gasteiger charge is 2.33. The van der Waals surface area contributed by atoms with Crippen LogP contribution in [0.5, 0.6) is 0 Å². The van der Waals surface area contributed by atoms with Crippen molar-refractivity contribution >= 4 is 17.6 Å². The van der Waals surface area contributed by atoms with E-state index in [2.05, 4.69) is 26.7 Å². The van der Waals surface area contributed by atoms with E-state index in [0.717, 1.165) is 18.2 Å². The molecule has 3 heterocycles. The highest BCUT2D eigenvalue weighted by atomic mass is 19.1. The normalized spacial score (nSPS) is 22.3. The molecule has 1 saturated heterocycles. The van der Waals surface area contributed by atoms with Crippen molar-refractivity contribution in [3.05, 3.63) is 47.5 Å². The number of amides is 1. The van der Waals surface area contributed by atoms with Gasteiger partial charge in [-0.05, 0) is 31.5 Å². The van der Waals surface area contributed by atoms with E-state index in [1.165, 1.54) is 6.07 Å². The van der Waals surface area contributed by atoms with E-state index in [-0.39, 0.29) is 11.7 Å². The minimum atomic E-state index is -0.341. The fourth-order valence-corrected chi connectivity index (χ4v) is 3.49. The van der Waals surface area contributed by atoms with Gasteiger partial charge in [0.15, 0.2) is 11.7 Å². The number of aryl methyl sites for hydroxylation is 1. The van der Waals surface area contributed by atoms with E-state index in [9.17, 15) is 9.18 Å². The molecule has 4 rings (SSSR count). The van der Waals surface area contributed by atoms with Crippen LogP contribution in [0.2, 0.25) is 0 Å². The van der Waals surface area contributed by atoms with Gasteiger partial charge in [0.2, 0.25) is 0 Å². The topological polar surface area (TPSA) is 51.5 Å². The lowest BCUT2D eigenvalue weighted by Crippen LogP contribution is -2.54. The number of benzene rings is 1. The molecule has 0 spiro atoms. The van der Waals surface area contributed by atoms with E-state index in [1.807, 2.05) is 12.4 Å². The number of hydrogen-bond donors (Lipinski definition) is 0. The van der Waals surface area contributed by atoms with Crippen LogP contribution in [0.4, 0.5) is 4.39 Å². The molecule has 136 valence electrons. The number of rotatable bonds is 1. The summed E-state index contributed by atoms with van der Waals surface area (Å²) in [4.78, 5) is 27.9. The highest BCUT2D eigenvalue weighted by Crippen LogP contribution is 2.19. The third-order valence-corrected chi connectivity index (χ3v) is 5.13. The van der Waals surface area contributed by atoms with Crippen LogP contribution in [0, 0.1) is 12.7 Å². The van der Waals surface area contributed by atoms with Gasteiger partial charge in [0.1, 0.15) is 5.82 Å². The molecule has 0 radical (unpaired) electrons. The summed E-state index contributed by atoms with van der Waals surface area (Å²) in [5.41, 5.74) is 0.950. The molecule has 26 heavy (non-hydrogen) atoms. The van der Waals surface area contributed by atoms with Gasteiger partial charge in [0.25, 0.3) is 5.91 Å². The highest BCUT2D eigenvalue weighted by molar-refractivity contribution is 6.41. The number of nitrogens with zero attached hydrogens (tertiary/aromatic N) is 5. The molecule has 0 aromatic heterocycles. The maximum absolute atomic E-state index is 13.7. The summed E-state index contributed by atoms with van der Waals surface area (Å²) >= 11 is 0. The van der Waals surface area contributed by atoms with E-state index in [1.54, 1.807) is 24.0 Å². The molecule has 0 bridgehead atoms. The SMILES string of the molecule is Cc1ccc(C(=O)N2CCN(C3=NC=CN4C3=NCC4C)CC2)cc1F. The van der Waals surface area contributed by atoms with Gasteiger partial charge < -0.3 is 14.7 Å². The number of aliphatic imine (C=N–C) groups is 2. The minimum absolute atomic E-state index is 0.123. The first-order valence-electron chi connectivity index (χ1n) is 8.92. The number of fused-ring (bicyclic) bond motifs is 1. The van der Waals surface area contributed by atoms with Gasteiger partial charge in [0.05, 0.1) is 12.6 Å². The van der Waals surface area contributed by atoms with Crippen molar-refractivity contribution in [2.75, 3.05) is 32.7 Å². The second kappa shape index (κ2) is 6.55. The Morgan fingerprint density at radius 2 is 1.96 bits per heavy atom. The zero-order valence-corrected chi connectivity index (χ0v) is 15.0. The molecule has 6 nitrogen and oxygen atoms in total. The Kier molecular flexibility index (Phi) is 4.22. The molecule has 1 amide bonds.